The van der Waals surface area contributed by atoms with Gasteiger partial charge in [-0.15, -0.1) is 11.6 Å². The second-order valence-corrected chi connectivity index (χ2v) is 5.57. The van der Waals surface area contributed by atoms with Gasteiger partial charge in [0.15, 0.2) is 0 Å². The van der Waals surface area contributed by atoms with Crippen molar-refractivity contribution in [2.45, 2.75) is 37.3 Å². The average Bonchev–Trinajstić information content (AvgIpc) is 2.42. The summed E-state index contributed by atoms with van der Waals surface area (Å²) in [4.78, 5) is 11.7. The Labute approximate surface area is 122 Å². The van der Waals surface area contributed by atoms with E-state index >= 15 is 0 Å². The lowest BCUT2D eigenvalue weighted by Gasteiger charge is -2.43. The van der Waals surface area contributed by atoms with Crippen LogP contribution in [-0.2, 0) is 10.3 Å². The number of benzene rings is 1. The van der Waals surface area contributed by atoms with Crippen molar-refractivity contribution in [3.63, 3.8) is 0 Å². The van der Waals surface area contributed by atoms with Gasteiger partial charge in [0, 0.05) is 5.02 Å². The smallest absolute Gasteiger partial charge is 0.235 e. The summed E-state index contributed by atoms with van der Waals surface area (Å²) in [7, 11) is 0. The first-order chi connectivity index (χ1) is 9.10. The van der Waals surface area contributed by atoms with Crippen molar-refractivity contribution in [1.82, 2.24) is 5.32 Å². The second kappa shape index (κ2) is 6.12. The molecule has 0 bridgehead atoms. The maximum atomic E-state index is 11.7. The number of carbonyl (C=O) groups is 1. The molecule has 2 atom stereocenters. The van der Waals surface area contributed by atoms with E-state index in [0.717, 1.165) is 18.4 Å². The summed E-state index contributed by atoms with van der Waals surface area (Å²) in [5.74, 6) is -0.415. The highest BCUT2D eigenvalue weighted by Gasteiger charge is 2.43. The Morgan fingerprint density at radius 1 is 1.42 bits per heavy atom. The predicted molar refractivity (Wildman–Crippen MR) is 76.5 cm³/mol. The molecule has 1 aromatic rings. The van der Waals surface area contributed by atoms with E-state index < -0.39 is 11.6 Å². The van der Waals surface area contributed by atoms with Crippen LogP contribution in [0.1, 0.15) is 31.2 Å². The van der Waals surface area contributed by atoms with Crippen molar-refractivity contribution < 1.29 is 9.90 Å². The number of hydrogen-bond donors (Lipinski definition) is 2. The fourth-order valence-corrected chi connectivity index (χ4v) is 3.16. The molecule has 0 aromatic heterocycles. The Morgan fingerprint density at radius 3 is 2.79 bits per heavy atom. The van der Waals surface area contributed by atoms with Crippen molar-refractivity contribution in [2.24, 2.45) is 0 Å². The van der Waals surface area contributed by atoms with Crippen LogP contribution in [0.3, 0.4) is 0 Å². The molecular formula is C14H17Cl2NO2. The van der Waals surface area contributed by atoms with Crippen molar-refractivity contribution in [3.05, 3.63) is 34.9 Å². The maximum absolute atomic E-state index is 11.7. The first kappa shape index (κ1) is 14.6. The van der Waals surface area contributed by atoms with Crippen LogP contribution in [0.15, 0.2) is 24.3 Å². The third-order valence-corrected chi connectivity index (χ3v) is 4.28. The summed E-state index contributed by atoms with van der Waals surface area (Å²) in [6, 6.07) is 7.31. The van der Waals surface area contributed by atoms with E-state index in [1.165, 1.54) is 0 Å². The van der Waals surface area contributed by atoms with Gasteiger partial charge in [-0.2, -0.15) is 0 Å². The molecule has 1 aromatic carbocycles. The Kier molecular flexibility index (Phi) is 4.71. The van der Waals surface area contributed by atoms with Gasteiger partial charge in [-0.3, -0.25) is 4.79 Å². The van der Waals surface area contributed by atoms with Gasteiger partial charge in [0.25, 0.3) is 0 Å². The Morgan fingerprint density at radius 2 is 2.16 bits per heavy atom. The summed E-state index contributed by atoms with van der Waals surface area (Å²) < 4.78 is 0. The SMILES string of the molecule is O=C(CCl)N[C@@]1(c2ccccc2Cl)CCCC[C@H]1O. The van der Waals surface area contributed by atoms with Crippen LogP contribution < -0.4 is 5.32 Å². The Hall–Kier alpha value is -0.770. The lowest BCUT2D eigenvalue weighted by molar-refractivity contribution is -0.123. The third-order valence-electron chi connectivity index (χ3n) is 3.71. The van der Waals surface area contributed by atoms with E-state index in [2.05, 4.69) is 5.32 Å². The second-order valence-electron chi connectivity index (χ2n) is 4.89. The lowest BCUT2D eigenvalue weighted by atomic mass is 9.74. The molecule has 1 aliphatic carbocycles. The molecule has 5 heteroatoms. The van der Waals surface area contributed by atoms with Gasteiger partial charge in [0.05, 0.1) is 11.6 Å². The average molecular weight is 302 g/mol. The Balaban J connectivity index is 2.44. The van der Waals surface area contributed by atoms with E-state index in [1.807, 2.05) is 18.2 Å². The highest BCUT2D eigenvalue weighted by Crippen LogP contribution is 2.40. The molecule has 104 valence electrons. The van der Waals surface area contributed by atoms with Crippen LogP contribution in [0.2, 0.25) is 5.02 Å². The molecule has 2 rings (SSSR count). The molecule has 0 saturated heterocycles. The quantitative estimate of drug-likeness (QED) is 0.844. The van der Waals surface area contributed by atoms with Crippen molar-refractivity contribution in [2.75, 3.05) is 5.88 Å². The fourth-order valence-electron chi connectivity index (χ4n) is 2.79. The number of halogens is 2. The summed E-state index contributed by atoms with van der Waals surface area (Å²) in [5, 5.41) is 13.9. The van der Waals surface area contributed by atoms with Gasteiger partial charge >= 0.3 is 0 Å². The zero-order valence-corrected chi connectivity index (χ0v) is 12.0. The summed E-state index contributed by atoms with van der Waals surface area (Å²) in [5.41, 5.74) is -0.0508. The van der Waals surface area contributed by atoms with Crippen molar-refractivity contribution in [3.8, 4) is 0 Å². The molecule has 3 nitrogen and oxygen atoms in total. The molecule has 0 unspecified atom stereocenters. The minimum absolute atomic E-state index is 0.126. The summed E-state index contributed by atoms with van der Waals surface area (Å²) >= 11 is 11.8. The van der Waals surface area contributed by atoms with Gasteiger partial charge in [0.2, 0.25) is 5.91 Å². The summed E-state index contributed by atoms with van der Waals surface area (Å²) in [6.45, 7) is 0. The number of carbonyl (C=O) groups excluding carboxylic acids is 1. The van der Waals surface area contributed by atoms with Gasteiger partial charge in [-0.05, 0) is 24.5 Å². The number of rotatable bonds is 3. The number of hydrogen-bond acceptors (Lipinski definition) is 2. The fraction of sp³-hybridized carbons (Fsp3) is 0.500. The summed E-state index contributed by atoms with van der Waals surface area (Å²) in [6.07, 6.45) is 2.55. The number of amides is 1. The number of nitrogens with one attached hydrogen (secondary N) is 1. The molecule has 0 aliphatic heterocycles. The molecule has 0 heterocycles. The zero-order valence-electron chi connectivity index (χ0n) is 10.5. The van der Waals surface area contributed by atoms with E-state index in [0.29, 0.717) is 17.9 Å². The molecule has 19 heavy (non-hydrogen) atoms. The predicted octanol–water partition coefficient (Wildman–Crippen LogP) is 2.83. The monoisotopic (exact) mass is 301 g/mol. The number of alkyl halides is 1. The molecule has 1 aliphatic rings. The van der Waals surface area contributed by atoms with Crippen LogP contribution >= 0.6 is 23.2 Å². The standard InChI is InChI=1S/C14H17Cl2NO2/c15-9-13(19)17-14(8-4-3-7-12(14)18)10-5-1-2-6-11(10)16/h1-2,5-6,12,18H,3-4,7-9H2,(H,17,19)/t12-,14-/m1/s1. The number of aliphatic hydroxyl groups is 1. The van der Waals surface area contributed by atoms with E-state index in [4.69, 9.17) is 23.2 Å². The van der Waals surface area contributed by atoms with Crippen LogP contribution in [0.4, 0.5) is 0 Å². The van der Waals surface area contributed by atoms with E-state index in [-0.39, 0.29) is 11.8 Å². The molecule has 1 saturated carbocycles. The highest BCUT2D eigenvalue weighted by atomic mass is 35.5. The van der Waals surface area contributed by atoms with E-state index in [9.17, 15) is 9.90 Å². The molecule has 1 fully saturated rings. The van der Waals surface area contributed by atoms with Crippen LogP contribution in [0, 0.1) is 0 Å². The molecule has 1 amide bonds. The third kappa shape index (κ3) is 2.88. The molecule has 2 N–H and O–H groups in total. The van der Waals surface area contributed by atoms with E-state index in [1.54, 1.807) is 6.07 Å². The molecule has 0 spiro atoms. The van der Waals surface area contributed by atoms with Gasteiger partial charge in [-0.1, -0.05) is 42.6 Å². The topological polar surface area (TPSA) is 49.3 Å². The van der Waals surface area contributed by atoms with Crippen LogP contribution in [0.5, 0.6) is 0 Å². The Bertz CT molecular complexity index is 467. The first-order valence-electron chi connectivity index (χ1n) is 6.40. The number of aliphatic hydroxyl groups excluding tert-OH is 1. The van der Waals surface area contributed by atoms with Gasteiger partial charge in [-0.25, -0.2) is 0 Å². The minimum Gasteiger partial charge on any atom is -0.390 e. The first-order valence-corrected chi connectivity index (χ1v) is 7.31. The highest BCUT2D eigenvalue weighted by molar-refractivity contribution is 6.31. The lowest BCUT2D eigenvalue weighted by Crippen LogP contribution is -2.56. The largest absolute Gasteiger partial charge is 0.390 e. The molecule has 0 radical (unpaired) electrons. The maximum Gasteiger partial charge on any atom is 0.235 e. The van der Waals surface area contributed by atoms with Gasteiger partial charge < -0.3 is 10.4 Å². The van der Waals surface area contributed by atoms with Crippen LogP contribution in [0.25, 0.3) is 0 Å². The van der Waals surface area contributed by atoms with Crippen LogP contribution in [-0.4, -0.2) is 23.0 Å². The van der Waals surface area contributed by atoms with Gasteiger partial charge in [0.1, 0.15) is 5.88 Å². The molecular weight excluding hydrogens is 285 g/mol. The van der Waals surface area contributed by atoms with Crippen molar-refractivity contribution in [1.29, 1.82) is 0 Å². The zero-order chi connectivity index (χ0) is 13.9. The minimum atomic E-state index is -0.817. The van der Waals surface area contributed by atoms with Crippen molar-refractivity contribution >= 4 is 29.1 Å². The normalized spacial score (nSPS) is 27.0.